The molecule has 1 fully saturated rings. The Morgan fingerprint density at radius 2 is 1.52 bits per heavy atom. The van der Waals surface area contributed by atoms with Gasteiger partial charge in [0.25, 0.3) is 5.88 Å². The molecule has 0 radical (unpaired) electrons. The minimum absolute atomic E-state index is 0.0123. The van der Waals surface area contributed by atoms with E-state index in [4.69, 9.17) is 28.4 Å². The first-order chi connectivity index (χ1) is 19.1. The van der Waals surface area contributed by atoms with Crippen molar-refractivity contribution in [2.75, 3.05) is 6.61 Å². The third kappa shape index (κ3) is 7.28. The van der Waals surface area contributed by atoms with Gasteiger partial charge in [-0.3, -0.25) is 24.2 Å². The average molecular weight is 557 g/mol. The summed E-state index contributed by atoms with van der Waals surface area (Å²) < 4.78 is 34.5. The fourth-order valence-electron chi connectivity index (χ4n) is 4.18. The number of carbonyl (C=O) groups is 4. The minimum atomic E-state index is -1.41. The third-order valence-corrected chi connectivity index (χ3v) is 5.68. The number of ether oxygens (including phenoxy) is 6. The molecule has 0 unspecified atom stereocenters. The van der Waals surface area contributed by atoms with Crippen LogP contribution in [0.5, 0.6) is 5.88 Å². The maximum Gasteiger partial charge on any atom is 0.303 e. The van der Waals surface area contributed by atoms with E-state index in [0.29, 0.717) is 0 Å². The van der Waals surface area contributed by atoms with Gasteiger partial charge in [0.15, 0.2) is 12.2 Å². The molecule has 1 aromatic carbocycles. The van der Waals surface area contributed by atoms with E-state index in [1.54, 1.807) is 0 Å². The lowest BCUT2D eigenvalue weighted by molar-refractivity contribution is -0.289. The highest BCUT2D eigenvalue weighted by Gasteiger charge is 2.53. The van der Waals surface area contributed by atoms with Crippen molar-refractivity contribution in [1.29, 1.82) is 0 Å². The molecule has 1 aliphatic heterocycles. The third-order valence-electron chi connectivity index (χ3n) is 5.68. The van der Waals surface area contributed by atoms with Crippen LogP contribution in [0.2, 0.25) is 0 Å². The van der Waals surface area contributed by atoms with E-state index in [0.717, 1.165) is 37.4 Å². The van der Waals surface area contributed by atoms with Gasteiger partial charge in [0.2, 0.25) is 12.4 Å². The van der Waals surface area contributed by atoms with Gasteiger partial charge in [0, 0.05) is 33.1 Å². The van der Waals surface area contributed by atoms with Crippen LogP contribution in [0.1, 0.15) is 33.4 Å². The van der Waals surface area contributed by atoms with Crippen LogP contribution in [-0.2, 0) is 49.4 Å². The number of esters is 4. The zero-order valence-corrected chi connectivity index (χ0v) is 22.2. The Hall–Kier alpha value is -4.59. The van der Waals surface area contributed by atoms with Crippen LogP contribution in [0.4, 0.5) is 0 Å². The summed E-state index contributed by atoms with van der Waals surface area (Å²) in [5, 5.41) is 9.05. The largest absolute Gasteiger partial charge is 0.463 e. The number of hydrogen-bond donors (Lipinski definition) is 0. The maximum atomic E-state index is 12.0. The van der Waals surface area contributed by atoms with Crippen LogP contribution >= 0.6 is 0 Å². The number of para-hydroxylation sites is 1. The predicted molar refractivity (Wildman–Crippen MR) is 133 cm³/mol. The smallest absolute Gasteiger partial charge is 0.303 e. The lowest BCUT2D eigenvalue weighted by atomic mass is 9.98. The van der Waals surface area contributed by atoms with Gasteiger partial charge >= 0.3 is 23.9 Å². The van der Waals surface area contributed by atoms with E-state index < -0.39 is 54.6 Å². The second-order valence-corrected chi connectivity index (χ2v) is 8.94. The molecule has 0 saturated carbocycles. The first-order valence-corrected chi connectivity index (χ1v) is 12.3. The van der Waals surface area contributed by atoms with Crippen LogP contribution in [0.25, 0.3) is 10.9 Å². The van der Waals surface area contributed by atoms with Crippen LogP contribution in [0.15, 0.2) is 42.6 Å². The summed E-state index contributed by atoms with van der Waals surface area (Å²) >= 11 is 0. The monoisotopic (exact) mass is 556 g/mol. The fraction of sp³-hybridized carbons (Fsp3) is 0.423. The SMILES string of the molecule is CC(=O)OC[C@H]1O[C@@H](Oc2cn(Cc3ccc4ccccc4n3)nn2)[C@H](OC(C)=O)[C@@H](OC(C)=O)[C@H]1OC(C)=O. The van der Waals surface area contributed by atoms with Gasteiger partial charge in [-0.2, -0.15) is 0 Å². The van der Waals surface area contributed by atoms with Gasteiger partial charge in [0.05, 0.1) is 24.0 Å². The molecule has 5 atom stereocenters. The van der Waals surface area contributed by atoms with Gasteiger partial charge in [-0.15, -0.1) is 0 Å². The number of nitrogens with zero attached hydrogens (tertiary/aromatic N) is 4. The van der Waals surface area contributed by atoms with Crippen molar-refractivity contribution in [3.05, 3.63) is 48.3 Å². The number of rotatable bonds is 9. The molecule has 14 nitrogen and oxygen atoms in total. The molecular formula is C26H28N4O10. The minimum Gasteiger partial charge on any atom is -0.463 e. The zero-order valence-electron chi connectivity index (χ0n) is 22.2. The number of aromatic nitrogens is 4. The maximum absolute atomic E-state index is 12.0. The number of pyridine rings is 1. The zero-order chi connectivity index (χ0) is 28.8. The van der Waals surface area contributed by atoms with E-state index in [-0.39, 0.29) is 19.0 Å². The van der Waals surface area contributed by atoms with Crippen molar-refractivity contribution in [3.63, 3.8) is 0 Å². The highest BCUT2D eigenvalue weighted by atomic mass is 16.7. The number of fused-ring (bicyclic) bond motifs is 1. The molecule has 0 aliphatic carbocycles. The Bertz CT molecular complexity index is 1390. The summed E-state index contributed by atoms with van der Waals surface area (Å²) in [6.07, 6.45) is -5.12. The van der Waals surface area contributed by atoms with Crippen LogP contribution in [0.3, 0.4) is 0 Å². The van der Waals surface area contributed by atoms with Crippen LogP contribution in [-0.4, -0.2) is 81.2 Å². The van der Waals surface area contributed by atoms with Gasteiger partial charge in [0.1, 0.15) is 12.7 Å². The summed E-state index contributed by atoms with van der Waals surface area (Å²) in [5.41, 5.74) is 1.55. The molecule has 1 saturated heterocycles. The molecule has 0 N–H and O–H groups in total. The quantitative estimate of drug-likeness (QED) is 0.274. The Morgan fingerprint density at radius 3 is 2.23 bits per heavy atom. The van der Waals surface area contributed by atoms with Crippen molar-refractivity contribution in [3.8, 4) is 5.88 Å². The van der Waals surface area contributed by atoms with Crippen molar-refractivity contribution < 1.29 is 47.6 Å². The van der Waals surface area contributed by atoms with E-state index in [9.17, 15) is 19.2 Å². The summed E-state index contributed by atoms with van der Waals surface area (Å²) in [6.45, 7) is 4.50. The molecule has 3 heterocycles. The lowest BCUT2D eigenvalue weighted by Crippen LogP contribution is -2.63. The Balaban J connectivity index is 1.58. The van der Waals surface area contributed by atoms with Crippen molar-refractivity contribution in [1.82, 2.24) is 20.0 Å². The van der Waals surface area contributed by atoms with Crippen molar-refractivity contribution in [2.45, 2.75) is 64.9 Å². The number of carbonyl (C=O) groups excluding carboxylic acids is 4. The van der Waals surface area contributed by atoms with Crippen LogP contribution in [0, 0.1) is 0 Å². The van der Waals surface area contributed by atoms with Gasteiger partial charge < -0.3 is 28.4 Å². The molecule has 0 amide bonds. The number of hydrogen-bond acceptors (Lipinski definition) is 13. The molecule has 4 rings (SSSR count). The highest BCUT2D eigenvalue weighted by Crippen LogP contribution is 2.30. The summed E-state index contributed by atoms with van der Waals surface area (Å²) in [6, 6.07) is 11.5. The van der Waals surface area contributed by atoms with Crippen molar-refractivity contribution in [2.24, 2.45) is 0 Å². The van der Waals surface area contributed by atoms with E-state index in [1.807, 2.05) is 36.4 Å². The average Bonchev–Trinajstić information content (AvgIpc) is 3.32. The van der Waals surface area contributed by atoms with Gasteiger partial charge in [-0.1, -0.05) is 34.6 Å². The second-order valence-electron chi connectivity index (χ2n) is 8.94. The summed E-state index contributed by atoms with van der Waals surface area (Å²) in [4.78, 5) is 51.9. The van der Waals surface area contributed by atoms with Crippen LogP contribution < -0.4 is 4.74 Å². The molecule has 40 heavy (non-hydrogen) atoms. The summed E-state index contributed by atoms with van der Waals surface area (Å²) in [5.74, 6) is -2.86. The van der Waals surface area contributed by atoms with E-state index in [1.165, 1.54) is 17.8 Å². The molecule has 3 aromatic rings. The van der Waals surface area contributed by atoms with Gasteiger partial charge in [-0.25, -0.2) is 4.68 Å². The number of benzene rings is 1. The molecule has 0 bridgehead atoms. The molecule has 2 aromatic heterocycles. The van der Waals surface area contributed by atoms with E-state index >= 15 is 0 Å². The first kappa shape index (κ1) is 28.4. The first-order valence-electron chi connectivity index (χ1n) is 12.3. The standard InChI is InChI=1S/C26H28N4O10/c1-14(31)35-13-21-23(36-15(2)32)24(37-16(3)33)25(38-17(4)34)26(39-21)40-22-12-30(29-28-22)11-19-10-9-18-7-5-6-8-20(18)27-19/h5-10,12,21,23-26H,11,13H2,1-4H3/t21-,23+,24+,25-,26+/m1/s1. The molecule has 212 valence electrons. The fourth-order valence-corrected chi connectivity index (χ4v) is 4.18. The Kier molecular flexibility index (Phi) is 8.89. The lowest BCUT2D eigenvalue weighted by Gasteiger charge is -2.43. The molecule has 1 aliphatic rings. The normalized spacial score (nSPS) is 22.2. The van der Waals surface area contributed by atoms with E-state index in [2.05, 4.69) is 15.3 Å². The molecule has 0 spiro atoms. The second kappa shape index (κ2) is 12.5. The Morgan fingerprint density at radius 1 is 0.850 bits per heavy atom. The molecule has 14 heteroatoms. The molecular weight excluding hydrogens is 528 g/mol. The topological polar surface area (TPSA) is 167 Å². The van der Waals surface area contributed by atoms with Crippen molar-refractivity contribution >= 4 is 34.8 Å². The highest BCUT2D eigenvalue weighted by molar-refractivity contribution is 5.78. The Labute approximate surface area is 228 Å². The van der Waals surface area contributed by atoms with Gasteiger partial charge in [-0.05, 0) is 12.1 Å². The predicted octanol–water partition coefficient (Wildman–Crippen LogP) is 1.34. The summed E-state index contributed by atoms with van der Waals surface area (Å²) in [7, 11) is 0.